The van der Waals surface area contributed by atoms with Gasteiger partial charge < -0.3 is 14.9 Å². The van der Waals surface area contributed by atoms with E-state index in [4.69, 9.17) is 5.11 Å². The van der Waals surface area contributed by atoms with Gasteiger partial charge in [-0.3, -0.25) is 4.79 Å². The van der Waals surface area contributed by atoms with Crippen molar-refractivity contribution < 1.29 is 14.7 Å². The zero-order chi connectivity index (χ0) is 15.1. The van der Waals surface area contributed by atoms with Crippen LogP contribution in [-0.4, -0.2) is 65.5 Å². The summed E-state index contributed by atoms with van der Waals surface area (Å²) in [5, 5.41) is 8.92. The molecular formula is C14H21N3O3. The first-order chi connectivity index (χ1) is 9.45. The minimum absolute atomic E-state index is 0.111. The summed E-state index contributed by atoms with van der Waals surface area (Å²) in [5.74, 6) is -1.35. The van der Waals surface area contributed by atoms with Gasteiger partial charge in [-0.2, -0.15) is 0 Å². The summed E-state index contributed by atoms with van der Waals surface area (Å²) in [5.41, 5.74) is 0.0667. The van der Waals surface area contributed by atoms with Crippen LogP contribution in [0.4, 0.5) is 0 Å². The molecule has 1 N–H and O–H groups in total. The van der Waals surface area contributed by atoms with Crippen LogP contribution >= 0.6 is 0 Å². The smallest absolute Gasteiger partial charge is 0.354 e. The Kier molecular flexibility index (Phi) is 6.11. The van der Waals surface area contributed by atoms with Crippen molar-refractivity contribution in [3.63, 3.8) is 0 Å². The van der Waals surface area contributed by atoms with Gasteiger partial charge in [0.2, 0.25) is 0 Å². The number of likely N-dealkylation sites (N-methyl/N-ethyl adjacent to an activating group) is 1. The number of carboxylic acid groups (broad SMARTS) is 1. The molecule has 6 heteroatoms. The molecule has 0 aliphatic rings. The van der Waals surface area contributed by atoms with E-state index < -0.39 is 5.97 Å². The molecule has 0 bridgehead atoms. The van der Waals surface area contributed by atoms with Crippen molar-refractivity contribution in [3.05, 3.63) is 29.6 Å². The topological polar surface area (TPSA) is 73.7 Å². The molecule has 0 saturated carbocycles. The van der Waals surface area contributed by atoms with E-state index >= 15 is 0 Å². The van der Waals surface area contributed by atoms with E-state index in [9.17, 15) is 9.59 Å². The first kappa shape index (κ1) is 16.1. The molecule has 20 heavy (non-hydrogen) atoms. The minimum Gasteiger partial charge on any atom is -0.477 e. The lowest BCUT2D eigenvalue weighted by Gasteiger charge is -2.23. The average Bonchev–Trinajstić information content (AvgIpc) is 2.42. The third-order valence-electron chi connectivity index (χ3n) is 2.79. The van der Waals surface area contributed by atoms with Crippen LogP contribution in [0.5, 0.6) is 0 Å². The molecule has 110 valence electrons. The maximum Gasteiger partial charge on any atom is 0.354 e. The van der Waals surface area contributed by atoms with Crippen LogP contribution in [0.3, 0.4) is 0 Å². The van der Waals surface area contributed by atoms with E-state index in [0.717, 1.165) is 13.0 Å². The molecule has 1 amide bonds. The van der Waals surface area contributed by atoms with Crippen molar-refractivity contribution >= 4 is 11.9 Å². The van der Waals surface area contributed by atoms with Crippen LogP contribution in [0.25, 0.3) is 0 Å². The van der Waals surface area contributed by atoms with Gasteiger partial charge in [-0.15, -0.1) is 0 Å². The third kappa shape index (κ3) is 4.62. The number of hydrogen-bond acceptors (Lipinski definition) is 4. The molecule has 0 atom stereocenters. The predicted molar refractivity (Wildman–Crippen MR) is 75.9 cm³/mol. The number of aromatic nitrogens is 1. The summed E-state index contributed by atoms with van der Waals surface area (Å²) in [6.07, 6.45) is 0.845. The molecule has 1 aromatic heterocycles. The first-order valence-electron chi connectivity index (χ1n) is 6.60. The average molecular weight is 279 g/mol. The standard InChI is InChI=1S/C14H21N3O3/c1-4-8-17(10-9-16(2)3)13(18)11-6-5-7-12(15-11)14(19)20/h5-7H,4,8-10H2,1-3H3,(H,19,20). The van der Waals surface area contributed by atoms with Gasteiger partial charge in [0.25, 0.3) is 5.91 Å². The number of carbonyl (C=O) groups excluding carboxylic acids is 1. The molecule has 0 unspecified atom stereocenters. The lowest BCUT2D eigenvalue weighted by Crippen LogP contribution is -2.37. The normalized spacial score (nSPS) is 10.6. The summed E-state index contributed by atoms with van der Waals surface area (Å²) >= 11 is 0. The van der Waals surface area contributed by atoms with Crippen LogP contribution < -0.4 is 0 Å². The number of carboxylic acids is 1. The van der Waals surface area contributed by atoms with Crippen molar-refractivity contribution in [3.8, 4) is 0 Å². The molecule has 0 fully saturated rings. The summed E-state index contributed by atoms with van der Waals surface area (Å²) in [6, 6.07) is 4.47. The van der Waals surface area contributed by atoms with Gasteiger partial charge in [-0.1, -0.05) is 13.0 Å². The SMILES string of the molecule is CCCN(CCN(C)C)C(=O)c1cccc(C(=O)O)n1. The fourth-order valence-corrected chi connectivity index (χ4v) is 1.74. The van der Waals surface area contributed by atoms with Crippen molar-refractivity contribution in [2.75, 3.05) is 33.7 Å². The maximum absolute atomic E-state index is 12.4. The zero-order valence-electron chi connectivity index (χ0n) is 12.2. The quantitative estimate of drug-likeness (QED) is 0.811. The fraction of sp³-hybridized carbons (Fsp3) is 0.500. The number of carbonyl (C=O) groups is 2. The Balaban J connectivity index is 2.87. The molecule has 0 aliphatic heterocycles. The highest BCUT2D eigenvalue weighted by Gasteiger charge is 2.17. The Hall–Kier alpha value is -1.95. The van der Waals surface area contributed by atoms with E-state index in [0.29, 0.717) is 13.1 Å². The van der Waals surface area contributed by atoms with Crippen LogP contribution in [0.2, 0.25) is 0 Å². The molecule has 0 spiro atoms. The van der Waals surface area contributed by atoms with Crippen molar-refractivity contribution in [2.45, 2.75) is 13.3 Å². The van der Waals surface area contributed by atoms with Gasteiger partial charge in [-0.05, 0) is 32.6 Å². The lowest BCUT2D eigenvalue weighted by atomic mass is 10.2. The van der Waals surface area contributed by atoms with E-state index in [2.05, 4.69) is 4.98 Å². The maximum atomic E-state index is 12.4. The Bertz CT molecular complexity index is 474. The Labute approximate surface area is 119 Å². The molecule has 6 nitrogen and oxygen atoms in total. The van der Waals surface area contributed by atoms with Crippen LogP contribution in [0, 0.1) is 0 Å². The van der Waals surface area contributed by atoms with Gasteiger partial charge >= 0.3 is 5.97 Å². The second-order valence-electron chi connectivity index (χ2n) is 4.81. The first-order valence-corrected chi connectivity index (χ1v) is 6.60. The molecule has 1 rings (SSSR count). The van der Waals surface area contributed by atoms with Gasteiger partial charge in [0.1, 0.15) is 11.4 Å². The lowest BCUT2D eigenvalue weighted by molar-refractivity contribution is 0.0689. The number of amides is 1. The number of hydrogen-bond donors (Lipinski definition) is 1. The minimum atomic E-state index is -1.13. The largest absolute Gasteiger partial charge is 0.477 e. The van der Waals surface area contributed by atoms with Gasteiger partial charge in [0.15, 0.2) is 0 Å². The van der Waals surface area contributed by atoms with E-state index in [1.165, 1.54) is 6.07 Å². The summed E-state index contributed by atoms with van der Waals surface area (Å²) in [7, 11) is 3.88. The fourth-order valence-electron chi connectivity index (χ4n) is 1.74. The van der Waals surface area contributed by atoms with Gasteiger partial charge in [-0.25, -0.2) is 9.78 Å². The zero-order valence-corrected chi connectivity index (χ0v) is 12.2. The molecule has 0 aliphatic carbocycles. The Morgan fingerprint density at radius 3 is 2.35 bits per heavy atom. The summed E-state index contributed by atoms with van der Waals surface area (Å²) < 4.78 is 0. The third-order valence-corrected chi connectivity index (χ3v) is 2.79. The molecular weight excluding hydrogens is 258 g/mol. The Morgan fingerprint density at radius 1 is 1.15 bits per heavy atom. The van der Waals surface area contributed by atoms with E-state index in [-0.39, 0.29) is 17.3 Å². The molecule has 0 radical (unpaired) electrons. The molecule has 1 aromatic rings. The number of rotatable bonds is 7. The monoisotopic (exact) mass is 279 g/mol. The second kappa shape index (κ2) is 7.59. The summed E-state index contributed by atoms with van der Waals surface area (Å²) in [4.78, 5) is 30.9. The number of pyridine rings is 1. The van der Waals surface area contributed by atoms with Crippen LogP contribution in [0.1, 0.15) is 34.3 Å². The van der Waals surface area contributed by atoms with Crippen LogP contribution in [0.15, 0.2) is 18.2 Å². The van der Waals surface area contributed by atoms with Crippen molar-refractivity contribution in [2.24, 2.45) is 0 Å². The van der Waals surface area contributed by atoms with Crippen molar-refractivity contribution in [1.82, 2.24) is 14.8 Å². The molecule has 0 aromatic carbocycles. The number of nitrogens with zero attached hydrogens (tertiary/aromatic N) is 3. The number of aromatic carboxylic acids is 1. The predicted octanol–water partition coefficient (Wildman–Crippen LogP) is 1.19. The van der Waals surface area contributed by atoms with Gasteiger partial charge in [0, 0.05) is 19.6 Å². The van der Waals surface area contributed by atoms with E-state index in [1.54, 1.807) is 17.0 Å². The van der Waals surface area contributed by atoms with E-state index in [1.807, 2.05) is 25.9 Å². The van der Waals surface area contributed by atoms with Crippen LogP contribution in [-0.2, 0) is 0 Å². The Morgan fingerprint density at radius 2 is 1.80 bits per heavy atom. The highest BCUT2D eigenvalue weighted by molar-refractivity contribution is 5.94. The molecule has 1 heterocycles. The van der Waals surface area contributed by atoms with Crippen molar-refractivity contribution in [1.29, 1.82) is 0 Å². The highest BCUT2D eigenvalue weighted by Crippen LogP contribution is 2.05. The second-order valence-corrected chi connectivity index (χ2v) is 4.81. The molecule has 0 saturated heterocycles. The highest BCUT2D eigenvalue weighted by atomic mass is 16.4. The van der Waals surface area contributed by atoms with Gasteiger partial charge in [0.05, 0.1) is 0 Å². The summed E-state index contributed by atoms with van der Waals surface area (Å²) in [6.45, 7) is 3.98.